The second-order valence-electron chi connectivity index (χ2n) is 4.17. The van der Waals surface area contributed by atoms with E-state index in [4.69, 9.17) is 10.8 Å². The minimum atomic E-state index is -0.752. The molecule has 1 heterocycles. The van der Waals surface area contributed by atoms with Crippen LogP contribution in [0.15, 0.2) is 0 Å². The molecule has 1 rings (SSSR count). The van der Waals surface area contributed by atoms with Gasteiger partial charge in [0, 0.05) is 12.6 Å². The summed E-state index contributed by atoms with van der Waals surface area (Å²) >= 11 is 0. The zero-order valence-corrected chi connectivity index (χ0v) is 8.94. The maximum absolute atomic E-state index is 10.9. The van der Waals surface area contributed by atoms with E-state index in [1.54, 1.807) is 6.92 Å². The summed E-state index contributed by atoms with van der Waals surface area (Å²) in [7, 11) is 0. The third kappa shape index (κ3) is 2.25. The standard InChI is InChI=1S/C10H20N2O2/c1-7-4-3-5-12(9(7)6-11)8(2)10(13)14/h7-9H,3-6,11H2,1-2H3,(H,13,14). The number of rotatable bonds is 3. The first-order valence-electron chi connectivity index (χ1n) is 5.26. The third-order valence-electron chi connectivity index (χ3n) is 3.25. The number of hydrogen-bond acceptors (Lipinski definition) is 3. The first-order valence-corrected chi connectivity index (χ1v) is 5.26. The van der Waals surface area contributed by atoms with Crippen molar-refractivity contribution in [2.45, 2.75) is 38.8 Å². The Morgan fingerprint density at radius 3 is 2.86 bits per heavy atom. The lowest BCUT2D eigenvalue weighted by molar-refractivity contribution is -0.144. The summed E-state index contributed by atoms with van der Waals surface area (Å²) in [6.45, 7) is 5.31. The Morgan fingerprint density at radius 2 is 2.36 bits per heavy atom. The highest BCUT2D eigenvalue weighted by atomic mass is 16.4. The fourth-order valence-electron chi connectivity index (χ4n) is 2.27. The highest BCUT2D eigenvalue weighted by Crippen LogP contribution is 2.24. The molecule has 3 unspecified atom stereocenters. The van der Waals surface area contributed by atoms with E-state index in [1.807, 2.05) is 4.90 Å². The highest BCUT2D eigenvalue weighted by molar-refractivity contribution is 5.72. The van der Waals surface area contributed by atoms with Crippen LogP contribution in [0.5, 0.6) is 0 Å². The maximum Gasteiger partial charge on any atom is 0.320 e. The third-order valence-corrected chi connectivity index (χ3v) is 3.25. The van der Waals surface area contributed by atoms with Crippen LogP contribution in [0.1, 0.15) is 26.7 Å². The zero-order valence-electron chi connectivity index (χ0n) is 8.94. The molecule has 3 atom stereocenters. The van der Waals surface area contributed by atoms with Gasteiger partial charge in [0.05, 0.1) is 0 Å². The molecule has 0 radical (unpaired) electrons. The quantitative estimate of drug-likeness (QED) is 0.697. The van der Waals surface area contributed by atoms with Crippen LogP contribution in [0.25, 0.3) is 0 Å². The molecule has 0 aromatic rings. The molecule has 82 valence electrons. The second-order valence-corrected chi connectivity index (χ2v) is 4.17. The van der Waals surface area contributed by atoms with Gasteiger partial charge in [-0.2, -0.15) is 0 Å². The molecule has 1 saturated heterocycles. The average molecular weight is 200 g/mol. The molecule has 4 nitrogen and oxygen atoms in total. The van der Waals surface area contributed by atoms with Crippen molar-refractivity contribution >= 4 is 5.97 Å². The Kier molecular flexibility index (Phi) is 3.89. The number of carbonyl (C=O) groups is 1. The van der Waals surface area contributed by atoms with Crippen LogP contribution in [0.3, 0.4) is 0 Å². The van der Waals surface area contributed by atoms with Gasteiger partial charge < -0.3 is 10.8 Å². The topological polar surface area (TPSA) is 66.6 Å². The number of carboxylic acid groups (broad SMARTS) is 1. The number of piperidine rings is 1. The Hall–Kier alpha value is -0.610. The van der Waals surface area contributed by atoms with Crippen molar-refractivity contribution in [2.24, 2.45) is 11.7 Å². The molecule has 0 amide bonds. The van der Waals surface area contributed by atoms with Gasteiger partial charge in [0.1, 0.15) is 6.04 Å². The van der Waals surface area contributed by atoms with Gasteiger partial charge in [-0.25, -0.2) is 0 Å². The summed E-state index contributed by atoms with van der Waals surface area (Å²) in [5, 5.41) is 8.95. The number of aliphatic carboxylic acids is 1. The van der Waals surface area contributed by atoms with Crippen LogP contribution in [0, 0.1) is 5.92 Å². The van der Waals surface area contributed by atoms with Crippen LogP contribution in [-0.4, -0.2) is 41.1 Å². The molecule has 0 saturated carbocycles. The fourth-order valence-corrected chi connectivity index (χ4v) is 2.27. The van der Waals surface area contributed by atoms with Gasteiger partial charge in [0.15, 0.2) is 0 Å². The molecule has 3 N–H and O–H groups in total. The van der Waals surface area contributed by atoms with Crippen LogP contribution < -0.4 is 5.73 Å². The summed E-state index contributed by atoms with van der Waals surface area (Å²) < 4.78 is 0. The lowest BCUT2D eigenvalue weighted by atomic mass is 9.89. The predicted molar refractivity (Wildman–Crippen MR) is 55.0 cm³/mol. The van der Waals surface area contributed by atoms with Crippen LogP contribution in [0.4, 0.5) is 0 Å². The Labute approximate surface area is 85.1 Å². The molecule has 0 aliphatic carbocycles. The van der Waals surface area contributed by atoms with E-state index in [0.717, 1.165) is 19.4 Å². The molecular weight excluding hydrogens is 180 g/mol. The number of hydrogen-bond donors (Lipinski definition) is 2. The summed E-state index contributed by atoms with van der Waals surface area (Å²) in [5.41, 5.74) is 5.69. The maximum atomic E-state index is 10.9. The van der Waals surface area contributed by atoms with Gasteiger partial charge in [-0.15, -0.1) is 0 Å². The van der Waals surface area contributed by atoms with Gasteiger partial charge in [-0.3, -0.25) is 9.69 Å². The van der Waals surface area contributed by atoms with Gasteiger partial charge in [-0.05, 0) is 32.2 Å². The van der Waals surface area contributed by atoms with E-state index in [9.17, 15) is 4.79 Å². The van der Waals surface area contributed by atoms with Crippen molar-refractivity contribution < 1.29 is 9.90 Å². The fraction of sp³-hybridized carbons (Fsp3) is 0.900. The molecular formula is C10H20N2O2. The Balaban J connectivity index is 2.69. The second kappa shape index (κ2) is 4.75. The predicted octanol–water partition coefficient (Wildman–Crippen LogP) is 0.519. The smallest absolute Gasteiger partial charge is 0.320 e. The highest BCUT2D eigenvalue weighted by Gasteiger charge is 2.33. The van der Waals surface area contributed by atoms with Crippen molar-refractivity contribution in [3.63, 3.8) is 0 Å². The first-order chi connectivity index (χ1) is 6.57. The zero-order chi connectivity index (χ0) is 10.7. The van der Waals surface area contributed by atoms with Crippen molar-refractivity contribution in [2.75, 3.05) is 13.1 Å². The molecule has 0 aromatic heterocycles. The number of nitrogens with zero attached hydrogens (tertiary/aromatic N) is 1. The SMILES string of the molecule is CC1CCCN(C(C)C(=O)O)C1CN. The van der Waals surface area contributed by atoms with Crippen molar-refractivity contribution in [3.8, 4) is 0 Å². The van der Waals surface area contributed by atoms with Crippen LogP contribution in [-0.2, 0) is 4.79 Å². The summed E-state index contributed by atoms with van der Waals surface area (Å²) in [6, 6.07) is -0.179. The molecule has 1 aliphatic rings. The lowest BCUT2D eigenvalue weighted by Crippen LogP contribution is -2.54. The van der Waals surface area contributed by atoms with Crippen molar-refractivity contribution in [1.29, 1.82) is 0 Å². The van der Waals surface area contributed by atoms with Gasteiger partial charge in [-0.1, -0.05) is 6.92 Å². The summed E-state index contributed by atoms with van der Waals surface area (Å²) in [4.78, 5) is 12.9. The Bertz CT molecular complexity index is 208. The van der Waals surface area contributed by atoms with Crippen molar-refractivity contribution in [3.05, 3.63) is 0 Å². The van der Waals surface area contributed by atoms with Gasteiger partial charge >= 0.3 is 5.97 Å². The van der Waals surface area contributed by atoms with E-state index in [2.05, 4.69) is 6.92 Å². The molecule has 0 aromatic carbocycles. The minimum Gasteiger partial charge on any atom is -0.480 e. The summed E-state index contributed by atoms with van der Waals surface area (Å²) in [6.07, 6.45) is 2.24. The number of nitrogens with two attached hydrogens (primary N) is 1. The largest absolute Gasteiger partial charge is 0.480 e. The number of likely N-dealkylation sites (tertiary alicyclic amines) is 1. The van der Waals surface area contributed by atoms with E-state index >= 15 is 0 Å². The van der Waals surface area contributed by atoms with Gasteiger partial charge in [0.2, 0.25) is 0 Å². The monoisotopic (exact) mass is 200 g/mol. The van der Waals surface area contributed by atoms with Crippen LogP contribution in [0.2, 0.25) is 0 Å². The molecule has 1 aliphatic heterocycles. The normalized spacial score (nSPS) is 31.4. The molecule has 14 heavy (non-hydrogen) atoms. The number of carboxylic acids is 1. The molecule has 0 spiro atoms. The van der Waals surface area contributed by atoms with Crippen LogP contribution >= 0.6 is 0 Å². The first kappa shape index (κ1) is 11.5. The minimum absolute atomic E-state index is 0.231. The molecule has 4 heteroatoms. The summed E-state index contributed by atoms with van der Waals surface area (Å²) in [5.74, 6) is -0.242. The molecule has 1 fully saturated rings. The van der Waals surface area contributed by atoms with E-state index in [0.29, 0.717) is 12.5 Å². The molecule has 0 bridgehead atoms. The lowest BCUT2D eigenvalue weighted by Gasteiger charge is -2.41. The van der Waals surface area contributed by atoms with Gasteiger partial charge in [0.25, 0.3) is 0 Å². The van der Waals surface area contributed by atoms with E-state index in [1.165, 1.54) is 0 Å². The van der Waals surface area contributed by atoms with E-state index in [-0.39, 0.29) is 6.04 Å². The van der Waals surface area contributed by atoms with E-state index < -0.39 is 12.0 Å². The average Bonchev–Trinajstić information content (AvgIpc) is 2.16. The van der Waals surface area contributed by atoms with Crippen molar-refractivity contribution in [1.82, 2.24) is 4.90 Å². The Morgan fingerprint density at radius 1 is 1.71 bits per heavy atom.